The highest BCUT2D eigenvalue weighted by Crippen LogP contribution is 2.23. The molecule has 0 unspecified atom stereocenters. The van der Waals surface area contributed by atoms with Crippen molar-refractivity contribution in [3.05, 3.63) is 87.3 Å². The van der Waals surface area contributed by atoms with Crippen LogP contribution < -0.4 is 10.9 Å². The van der Waals surface area contributed by atoms with Crippen molar-refractivity contribution in [2.75, 3.05) is 5.32 Å². The third-order valence-corrected chi connectivity index (χ3v) is 4.82. The monoisotopic (exact) mass is 475 g/mol. The number of aromatic nitrogens is 3. The summed E-state index contributed by atoms with van der Waals surface area (Å²) in [6, 6.07) is 18.9. The van der Waals surface area contributed by atoms with Crippen molar-refractivity contribution < 1.29 is 9.32 Å². The molecule has 0 bridgehead atoms. The molecule has 4 aromatic rings. The number of halogens is 1. The zero-order chi connectivity index (χ0) is 21.8. The molecule has 8 nitrogen and oxygen atoms in total. The van der Waals surface area contributed by atoms with Gasteiger partial charge in [-0.15, -0.1) is 0 Å². The second-order valence-electron chi connectivity index (χ2n) is 6.56. The quantitative estimate of drug-likeness (QED) is 0.468. The van der Waals surface area contributed by atoms with Crippen LogP contribution in [0.1, 0.15) is 5.56 Å². The van der Waals surface area contributed by atoms with Crippen molar-refractivity contribution in [1.29, 1.82) is 5.26 Å². The van der Waals surface area contributed by atoms with Gasteiger partial charge in [0.05, 0.1) is 17.2 Å². The third kappa shape index (κ3) is 4.76. The van der Waals surface area contributed by atoms with Crippen molar-refractivity contribution in [3.8, 4) is 28.9 Å². The first-order valence-electron chi connectivity index (χ1n) is 9.12. The average Bonchev–Trinajstić information content (AvgIpc) is 3.26. The lowest BCUT2D eigenvalue weighted by atomic mass is 10.2. The molecule has 1 N–H and O–H groups in total. The summed E-state index contributed by atoms with van der Waals surface area (Å²) < 4.78 is 7.48. The molecule has 2 aromatic heterocycles. The lowest BCUT2D eigenvalue weighted by Crippen LogP contribution is -2.26. The van der Waals surface area contributed by atoms with E-state index < -0.39 is 5.91 Å². The Morgan fingerprint density at radius 2 is 1.97 bits per heavy atom. The Hall–Kier alpha value is -4.03. The number of nitrogens with one attached hydrogen (secondary N) is 1. The lowest BCUT2D eigenvalue weighted by Gasteiger charge is -2.08. The van der Waals surface area contributed by atoms with E-state index in [2.05, 4.69) is 31.4 Å². The number of rotatable bonds is 5. The minimum atomic E-state index is -0.408. The summed E-state index contributed by atoms with van der Waals surface area (Å²) in [6.07, 6.45) is 1.49. The predicted octanol–water partition coefficient (Wildman–Crippen LogP) is 3.84. The van der Waals surface area contributed by atoms with Crippen LogP contribution in [-0.4, -0.2) is 20.6 Å². The number of pyridine rings is 1. The average molecular weight is 476 g/mol. The Morgan fingerprint density at radius 1 is 1.13 bits per heavy atom. The van der Waals surface area contributed by atoms with E-state index >= 15 is 0 Å². The Kier molecular flexibility index (Phi) is 5.73. The van der Waals surface area contributed by atoms with Crippen LogP contribution in [0.2, 0.25) is 0 Å². The van der Waals surface area contributed by atoms with Gasteiger partial charge >= 0.3 is 0 Å². The molecule has 9 heteroatoms. The molecule has 4 rings (SSSR count). The predicted molar refractivity (Wildman–Crippen MR) is 117 cm³/mol. The maximum Gasteiger partial charge on any atom is 0.259 e. The first-order chi connectivity index (χ1) is 15.0. The van der Waals surface area contributed by atoms with Crippen LogP contribution in [0.3, 0.4) is 0 Å². The molecule has 0 aliphatic heterocycles. The normalized spacial score (nSPS) is 10.5. The van der Waals surface area contributed by atoms with Crippen LogP contribution in [0.5, 0.6) is 0 Å². The number of nitrogens with zero attached hydrogens (tertiary/aromatic N) is 4. The second-order valence-corrected chi connectivity index (χ2v) is 7.47. The molecule has 2 heterocycles. The highest BCUT2D eigenvalue weighted by Gasteiger charge is 2.13. The Morgan fingerprint density at radius 3 is 2.77 bits per heavy atom. The van der Waals surface area contributed by atoms with E-state index in [1.54, 1.807) is 30.3 Å². The van der Waals surface area contributed by atoms with E-state index in [4.69, 9.17) is 9.78 Å². The fourth-order valence-corrected chi connectivity index (χ4v) is 3.29. The summed E-state index contributed by atoms with van der Waals surface area (Å²) in [4.78, 5) is 29.0. The van der Waals surface area contributed by atoms with Crippen LogP contribution in [0.4, 0.5) is 5.69 Å². The van der Waals surface area contributed by atoms with Gasteiger partial charge in [0, 0.05) is 28.0 Å². The van der Waals surface area contributed by atoms with E-state index in [0.717, 1.165) is 10.0 Å². The SMILES string of the molecule is N#Cc1cccc(NC(=O)Cn2cc(-c3nc(-c4cccc(Br)c4)no3)ccc2=O)c1. The zero-order valence-corrected chi connectivity index (χ0v) is 17.5. The molecule has 0 spiro atoms. The van der Waals surface area contributed by atoms with Crippen molar-refractivity contribution in [2.45, 2.75) is 6.54 Å². The Balaban J connectivity index is 1.54. The molecular formula is C22H14BrN5O3. The lowest BCUT2D eigenvalue weighted by molar-refractivity contribution is -0.116. The topological polar surface area (TPSA) is 114 Å². The first-order valence-corrected chi connectivity index (χ1v) is 9.92. The molecule has 0 saturated carbocycles. The Labute approximate surface area is 184 Å². The van der Waals surface area contributed by atoms with E-state index in [-0.39, 0.29) is 18.0 Å². The van der Waals surface area contributed by atoms with Gasteiger partial charge in [-0.3, -0.25) is 9.59 Å². The fourth-order valence-electron chi connectivity index (χ4n) is 2.89. The molecule has 0 fully saturated rings. The highest BCUT2D eigenvalue weighted by molar-refractivity contribution is 9.10. The standard InChI is InChI=1S/C22H14BrN5O3/c23-17-5-2-4-15(10-17)21-26-22(31-27-21)16-7-8-20(30)28(12-16)13-19(29)25-18-6-1-3-14(9-18)11-24/h1-10,12H,13H2,(H,25,29). The summed E-state index contributed by atoms with van der Waals surface area (Å²) >= 11 is 3.41. The molecule has 31 heavy (non-hydrogen) atoms. The van der Waals surface area contributed by atoms with E-state index in [1.807, 2.05) is 30.3 Å². The van der Waals surface area contributed by atoms with Crippen molar-refractivity contribution >= 4 is 27.5 Å². The number of carbonyl (C=O) groups is 1. The van der Waals surface area contributed by atoms with Crippen molar-refractivity contribution in [1.82, 2.24) is 14.7 Å². The van der Waals surface area contributed by atoms with Gasteiger partial charge in [0.2, 0.25) is 11.7 Å². The van der Waals surface area contributed by atoms with Crippen LogP contribution in [0.25, 0.3) is 22.8 Å². The van der Waals surface area contributed by atoms with E-state index in [0.29, 0.717) is 22.6 Å². The minimum Gasteiger partial charge on any atom is -0.334 e. The summed E-state index contributed by atoms with van der Waals surface area (Å²) in [7, 11) is 0. The van der Waals surface area contributed by atoms with Gasteiger partial charge in [0.15, 0.2) is 0 Å². The van der Waals surface area contributed by atoms with Gasteiger partial charge in [0.1, 0.15) is 6.54 Å². The number of carbonyl (C=O) groups excluding carboxylic acids is 1. The van der Waals surface area contributed by atoms with Crippen LogP contribution in [-0.2, 0) is 11.3 Å². The van der Waals surface area contributed by atoms with Crippen molar-refractivity contribution in [2.24, 2.45) is 0 Å². The summed E-state index contributed by atoms with van der Waals surface area (Å²) in [5.74, 6) is 0.227. The summed E-state index contributed by atoms with van der Waals surface area (Å²) in [5.41, 5.74) is 1.83. The first kappa shape index (κ1) is 20.3. The van der Waals surface area contributed by atoms with Crippen LogP contribution >= 0.6 is 15.9 Å². The molecule has 0 aliphatic carbocycles. The summed E-state index contributed by atoms with van der Waals surface area (Å²) in [6.45, 7) is -0.212. The molecule has 0 aliphatic rings. The molecule has 2 aromatic carbocycles. The van der Waals surface area contributed by atoms with Gasteiger partial charge < -0.3 is 14.4 Å². The van der Waals surface area contributed by atoms with Gasteiger partial charge in [-0.05, 0) is 36.4 Å². The largest absolute Gasteiger partial charge is 0.334 e. The third-order valence-electron chi connectivity index (χ3n) is 4.33. The highest BCUT2D eigenvalue weighted by atomic mass is 79.9. The number of hydrogen-bond acceptors (Lipinski definition) is 6. The van der Waals surface area contributed by atoms with Gasteiger partial charge in [-0.2, -0.15) is 10.2 Å². The maximum atomic E-state index is 12.4. The molecular weight excluding hydrogens is 462 g/mol. The second kappa shape index (κ2) is 8.77. The van der Waals surface area contributed by atoms with Crippen LogP contribution in [0, 0.1) is 11.3 Å². The molecule has 0 radical (unpaired) electrons. The molecule has 0 saturated heterocycles. The summed E-state index contributed by atoms with van der Waals surface area (Å²) in [5, 5.41) is 15.6. The smallest absolute Gasteiger partial charge is 0.259 e. The van der Waals surface area contributed by atoms with Crippen LogP contribution in [0.15, 0.2) is 80.7 Å². The molecule has 152 valence electrons. The number of hydrogen-bond donors (Lipinski definition) is 1. The van der Waals surface area contributed by atoms with E-state index in [1.165, 1.54) is 16.8 Å². The molecule has 0 atom stereocenters. The maximum absolute atomic E-state index is 12.4. The van der Waals surface area contributed by atoms with Gasteiger partial charge in [-0.1, -0.05) is 39.3 Å². The number of nitriles is 1. The number of amides is 1. The molecule has 1 amide bonds. The van der Waals surface area contributed by atoms with Gasteiger partial charge in [0.25, 0.3) is 11.4 Å². The van der Waals surface area contributed by atoms with E-state index in [9.17, 15) is 9.59 Å². The minimum absolute atomic E-state index is 0.212. The van der Waals surface area contributed by atoms with Gasteiger partial charge in [-0.25, -0.2) is 0 Å². The number of anilines is 1. The fraction of sp³-hybridized carbons (Fsp3) is 0.0455. The van der Waals surface area contributed by atoms with Crippen molar-refractivity contribution in [3.63, 3.8) is 0 Å². The zero-order valence-electron chi connectivity index (χ0n) is 15.9. The Bertz CT molecular complexity index is 1370. The number of benzene rings is 2.